The molecule has 0 aromatic heterocycles. The van der Waals surface area contributed by atoms with Crippen LogP contribution in [0.25, 0.3) is 0 Å². The second-order valence-corrected chi connectivity index (χ2v) is 6.70. The Morgan fingerprint density at radius 2 is 2.04 bits per heavy atom. The van der Waals surface area contributed by atoms with Crippen LogP contribution < -0.4 is 5.32 Å². The molecule has 1 aromatic rings. The number of urea groups is 1. The number of carbonyl (C=O) groups excluding carboxylic acids is 1. The van der Waals surface area contributed by atoms with Gasteiger partial charge < -0.3 is 15.3 Å². The first kappa shape index (κ1) is 18.9. The van der Waals surface area contributed by atoms with Crippen LogP contribution in [0.3, 0.4) is 0 Å². The molecule has 0 bridgehead atoms. The minimum absolute atomic E-state index is 0.00373. The van der Waals surface area contributed by atoms with Gasteiger partial charge in [-0.2, -0.15) is 0 Å². The Hall–Kier alpha value is -2.15. The van der Waals surface area contributed by atoms with E-state index < -0.39 is 4.92 Å². The van der Waals surface area contributed by atoms with E-state index in [0.29, 0.717) is 30.8 Å². The van der Waals surface area contributed by atoms with Crippen molar-refractivity contribution in [3.8, 4) is 0 Å². The molecular formula is C16H25N3O4. The summed E-state index contributed by atoms with van der Waals surface area (Å²) >= 11 is 0. The Morgan fingerprint density at radius 3 is 2.57 bits per heavy atom. The van der Waals surface area contributed by atoms with Gasteiger partial charge in [0.15, 0.2) is 0 Å². The highest BCUT2D eigenvalue weighted by atomic mass is 16.6. The topological polar surface area (TPSA) is 95.7 Å². The van der Waals surface area contributed by atoms with E-state index in [2.05, 4.69) is 5.32 Å². The molecule has 7 nitrogen and oxygen atoms in total. The summed E-state index contributed by atoms with van der Waals surface area (Å²) in [5.74, 6) is 0. The number of rotatable bonds is 6. The predicted octanol–water partition coefficient (Wildman–Crippen LogP) is 3.17. The Bertz CT molecular complexity index is 567. The van der Waals surface area contributed by atoms with Gasteiger partial charge in [-0.1, -0.05) is 26.8 Å². The van der Waals surface area contributed by atoms with Crippen molar-refractivity contribution in [1.29, 1.82) is 0 Å². The van der Waals surface area contributed by atoms with Crippen LogP contribution in [-0.2, 0) is 0 Å². The first-order valence-electron chi connectivity index (χ1n) is 7.56. The number of hydrogen-bond donors (Lipinski definition) is 2. The summed E-state index contributed by atoms with van der Waals surface area (Å²) in [5, 5.41) is 22.7. The number of aliphatic hydroxyl groups excluding tert-OH is 1. The fraction of sp³-hybridized carbons (Fsp3) is 0.562. The molecular weight excluding hydrogens is 298 g/mol. The van der Waals surface area contributed by atoms with Crippen LogP contribution >= 0.6 is 0 Å². The number of aliphatic hydroxyl groups is 1. The highest BCUT2D eigenvalue weighted by molar-refractivity contribution is 5.90. The summed E-state index contributed by atoms with van der Waals surface area (Å²) in [6.45, 7) is 8.61. The average molecular weight is 323 g/mol. The van der Waals surface area contributed by atoms with Crippen molar-refractivity contribution in [3.63, 3.8) is 0 Å². The summed E-state index contributed by atoms with van der Waals surface area (Å²) in [5.41, 5.74) is 0.723. The zero-order valence-corrected chi connectivity index (χ0v) is 14.1. The van der Waals surface area contributed by atoms with Gasteiger partial charge in [-0.15, -0.1) is 0 Å². The number of nitro benzene ring substituents is 1. The molecule has 1 rings (SSSR count). The number of nitrogens with one attached hydrogen (secondary N) is 1. The highest BCUT2D eigenvalue weighted by Crippen LogP contribution is 2.25. The zero-order chi connectivity index (χ0) is 17.6. The zero-order valence-electron chi connectivity index (χ0n) is 14.1. The van der Waals surface area contributed by atoms with Gasteiger partial charge in [0.1, 0.15) is 0 Å². The molecule has 7 heteroatoms. The van der Waals surface area contributed by atoms with E-state index in [9.17, 15) is 14.9 Å². The lowest BCUT2D eigenvalue weighted by molar-refractivity contribution is -0.385. The molecule has 0 saturated heterocycles. The molecule has 128 valence electrons. The quantitative estimate of drug-likeness (QED) is 0.621. The van der Waals surface area contributed by atoms with Gasteiger partial charge in [0.05, 0.1) is 16.2 Å². The van der Waals surface area contributed by atoms with Crippen molar-refractivity contribution in [3.05, 3.63) is 33.9 Å². The number of amides is 2. The fourth-order valence-electron chi connectivity index (χ4n) is 2.24. The number of anilines is 1. The third-order valence-electron chi connectivity index (χ3n) is 3.28. The molecule has 0 aliphatic carbocycles. The molecule has 0 aliphatic rings. The number of carbonyl (C=O) groups is 1. The average Bonchev–Trinajstić information content (AvgIpc) is 2.44. The van der Waals surface area contributed by atoms with Gasteiger partial charge in [0, 0.05) is 25.8 Å². The van der Waals surface area contributed by atoms with Gasteiger partial charge in [-0.05, 0) is 24.8 Å². The van der Waals surface area contributed by atoms with E-state index in [1.54, 1.807) is 24.0 Å². The van der Waals surface area contributed by atoms with Crippen molar-refractivity contribution in [1.82, 2.24) is 4.90 Å². The Labute approximate surface area is 136 Å². The summed E-state index contributed by atoms with van der Waals surface area (Å²) in [6, 6.07) is 4.27. The van der Waals surface area contributed by atoms with Crippen LogP contribution in [0.1, 0.15) is 32.8 Å². The molecule has 2 N–H and O–H groups in total. The van der Waals surface area contributed by atoms with Gasteiger partial charge in [-0.25, -0.2) is 4.79 Å². The van der Waals surface area contributed by atoms with Crippen LogP contribution in [0.2, 0.25) is 0 Å². The predicted molar refractivity (Wildman–Crippen MR) is 89.6 cm³/mol. The molecule has 2 amide bonds. The second-order valence-electron chi connectivity index (χ2n) is 6.70. The monoisotopic (exact) mass is 323 g/mol. The summed E-state index contributed by atoms with van der Waals surface area (Å²) in [7, 11) is 0. The van der Waals surface area contributed by atoms with E-state index in [-0.39, 0.29) is 23.7 Å². The Balaban J connectivity index is 2.94. The third kappa shape index (κ3) is 5.86. The number of benzene rings is 1. The molecule has 0 fully saturated rings. The maximum atomic E-state index is 12.5. The first-order chi connectivity index (χ1) is 10.7. The van der Waals surface area contributed by atoms with Crippen molar-refractivity contribution in [2.45, 2.75) is 34.1 Å². The van der Waals surface area contributed by atoms with Crippen molar-refractivity contribution in [2.75, 3.05) is 25.0 Å². The van der Waals surface area contributed by atoms with Gasteiger partial charge in [-0.3, -0.25) is 10.1 Å². The minimum Gasteiger partial charge on any atom is -0.396 e. The smallest absolute Gasteiger partial charge is 0.321 e. The first-order valence-corrected chi connectivity index (χ1v) is 7.56. The maximum absolute atomic E-state index is 12.5. The molecule has 0 spiro atoms. The summed E-state index contributed by atoms with van der Waals surface area (Å²) in [6.07, 6.45) is 0.484. The Kier molecular flexibility index (Phi) is 6.50. The van der Waals surface area contributed by atoms with E-state index in [4.69, 9.17) is 5.11 Å². The largest absolute Gasteiger partial charge is 0.396 e. The maximum Gasteiger partial charge on any atom is 0.321 e. The van der Waals surface area contributed by atoms with Crippen LogP contribution in [0.15, 0.2) is 18.2 Å². The van der Waals surface area contributed by atoms with Crippen LogP contribution in [-0.4, -0.2) is 40.7 Å². The molecule has 0 saturated carbocycles. The molecule has 0 unspecified atom stereocenters. The van der Waals surface area contributed by atoms with E-state index in [1.165, 1.54) is 6.07 Å². The van der Waals surface area contributed by atoms with E-state index in [0.717, 1.165) is 0 Å². The molecule has 0 aliphatic heterocycles. The second kappa shape index (κ2) is 7.92. The minimum atomic E-state index is -0.469. The van der Waals surface area contributed by atoms with Gasteiger partial charge >= 0.3 is 6.03 Å². The standard InChI is InChI=1S/C16H25N3O4/c1-12-13(7-5-8-14(12)19(22)23)17-15(21)18(9-6-10-20)11-16(2,3)4/h5,7-8,20H,6,9-11H2,1-4H3,(H,17,21). The fourth-order valence-corrected chi connectivity index (χ4v) is 2.24. The van der Waals surface area contributed by atoms with Crippen molar-refractivity contribution >= 4 is 17.4 Å². The lowest BCUT2D eigenvalue weighted by Gasteiger charge is -2.30. The number of hydrogen-bond acceptors (Lipinski definition) is 4. The normalized spacial score (nSPS) is 11.2. The SMILES string of the molecule is Cc1c(NC(=O)N(CCCO)CC(C)(C)C)cccc1[N+](=O)[O-]. The van der Waals surface area contributed by atoms with Gasteiger partial charge in [0.2, 0.25) is 0 Å². The summed E-state index contributed by atoms with van der Waals surface area (Å²) < 4.78 is 0. The third-order valence-corrected chi connectivity index (χ3v) is 3.28. The lowest BCUT2D eigenvalue weighted by atomic mass is 9.96. The van der Waals surface area contributed by atoms with Crippen molar-refractivity contribution < 1.29 is 14.8 Å². The van der Waals surface area contributed by atoms with Crippen LogP contribution in [0, 0.1) is 22.5 Å². The van der Waals surface area contributed by atoms with Crippen LogP contribution in [0.4, 0.5) is 16.2 Å². The molecule has 0 radical (unpaired) electrons. The van der Waals surface area contributed by atoms with Crippen LogP contribution in [0.5, 0.6) is 0 Å². The Morgan fingerprint density at radius 1 is 1.39 bits per heavy atom. The van der Waals surface area contributed by atoms with Gasteiger partial charge in [0.25, 0.3) is 5.69 Å². The summed E-state index contributed by atoms with van der Waals surface area (Å²) in [4.78, 5) is 24.6. The lowest BCUT2D eigenvalue weighted by Crippen LogP contribution is -2.41. The molecule has 23 heavy (non-hydrogen) atoms. The van der Waals surface area contributed by atoms with Crippen molar-refractivity contribution in [2.24, 2.45) is 5.41 Å². The van der Waals surface area contributed by atoms with E-state index in [1.807, 2.05) is 20.8 Å². The number of nitrogens with zero attached hydrogens (tertiary/aromatic N) is 2. The molecule has 0 heterocycles. The van der Waals surface area contributed by atoms with E-state index >= 15 is 0 Å². The molecule has 0 atom stereocenters. The highest BCUT2D eigenvalue weighted by Gasteiger charge is 2.22. The molecule has 1 aromatic carbocycles. The number of nitro groups is 1.